The van der Waals surface area contributed by atoms with E-state index in [1.54, 1.807) is 7.11 Å². The van der Waals surface area contributed by atoms with Gasteiger partial charge in [0.2, 0.25) is 0 Å². The Labute approximate surface area is 138 Å². The number of rotatable bonds is 3. The first-order valence-electron chi connectivity index (χ1n) is 8.41. The predicted molar refractivity (Wildman–Crippen MR) is 94.6 cm³/mol. The van der Waals surface area contributed by atoms with Gasteiger partial charge in [-0.1, -0.05) is 48.6 Å². The maximum atomic E-state index is 5.23. The van der Waals surface area contributed by atoms with Crippen LogP contribution in [0.2, 0.25) is 0 Å². The summed E-state index contributed by atoms with van der Waals surface area (Å²) in [4.78, 5) is 2.54. The van der Waals surface area contributed by atoms with E-state index >= 15 is 0 Å². The van der Waals surface area contributed by atoms with Gasteiger partial charge in [-0.15, -0.1) is 0 Å². The molecular formula is C21H23NO. The van der Waals surface area contributed by atoms with Crippen molar-refractivity contribution in [3.63, 3.8) is 0 Å². The molecule has 23 heavy (non-hydrogen) atoms. The fourth-order valence-corrected chi connectivity index (χ4v) is 4.08. The Morgan fingerprint density at radius 2 is 1.52 bits per heavy atom. The Morgan fingerprint density at radius 3 is 2.04 bits per heavy atom. The number of piperidine rings is 1. The average Bonchev–Trinajstić information content (AvgIpc) is 2.63. The Balaban J connectivity index is 1.59. The first-order valence-corrected chi connectivity index (χ1v) is 8.41. The van der Waals surface area contributed by atoms with Gasteiger partial charge in [-0.3, -0.25) is 4.90 Å². The summed E-state index contributed by atoms with van der Waals surface area (Å²) in [6, 6.07) is 18.5. The molecule has 0 N–H and O–H groups in total. The van der Waals surface area contributed by atoms with E-state index in [1.807, 2.05) is 12.1 Å². The fourth-order valence-electron chi connectivity index (χ4n) is 4.08. The summed E-state index contributed by atoms with van der Waals surface area (Å²) in [6.07, 6.45) is 7.43. The lowest BCUT2D eigenvalue weighted by atomic mass is 9.77. The molecule has 2 aromatic rings. The monoisotopic (exact) mass is 305 g/mol. The number of nitrogens with zero attached hydrogens (tertiary/aromatic N) is 1. The Kier molecular flexibility index (Phi) is 3.70. The van der Waals surface area contributed by atoms with Crippen LogP contribution in [0.15, 0.2) is 60.7 Å². The van der Waals surface area contributed by atoms with Gasteiger partial charge >= 0.3 is 0 Å². The van der Waals surface area contributed by atoms with Gasteiger partial charge in [0, 0.05) is 12.1 Å². The van der Waals surface area contributed by atoms with Crippen LogP contribution in [0, 0.1) is 5.92 Å². The van der Waals surface area contributed by atoms with Crippen molar-refractivity contribution in [2.24, 2.45) is 5.92 Å². The van der Waals surface area contributed by atoms with E-state index in [0.29, 0.717) is 18.0 Å². The molecule has 1 fully saturated rings. The highest BCUT2D eigenvalue weighted by atomic mass is 16.5. The summed E-state index contributed by atoms with van der Waals surface area (Å²) in [5.41, 5.74) is 3.93. The minimum Gasteiger partial charge on any atom is -0.497 e. The second-order valence-corrected chi connectivity index (χ2v) is 6.65. The molecule has 0 radical (unpaired) electrons. The molecule has 2 heterocycles. The summed E-state index contributed by atoms with van der Waals surface area (Å²) >= 11 is 0. The highest BCUT2D eigenvalue weighted by molar-refractivity contribution is 5.64. The molecule has 3 aliphatic rings. The molecule has 0 saturated carbocycles. The van der Waals surface area contributed by atoms with Crippen molar-refractivity contribution in [3.05, 3.63) is 66.2 Å². The second kappa shape index (κ2) is 5.86. The van der Waals surface area contributed by atoms with Gasteiger partial charge in [0.05, 0.1) is 7.11 Å². The fraction of sp³-hybridized carbons (Fsp3) is 0.333. The number of fused-ring (bicyclic) bond motifs is 2. The maximum Gasteiger partial charge on any atom is 0.118 e. The van der Waals surface area contributed by atoms with Crippen LogP contribution < -0.4 is 4.74 Å². The number of benzene rings is 2. The van der Waals surface area contributed by atoms with Crippen LogP contribution in [-0.2, 0) is 0 Å². The van der Waals surface area contributed by atoms with Crippen molar-refractivity contribution in [1.29, 1.82) is 0 Å². The molecule has 1 aliphatic carbocycles. The van der Waals surface area contributed by atoms with Crippen LogP contribution in [0.5, 0.6) is 5.75 Å². The van der Waals surface area contributed by atoms with Gasteiger partial charge in [0.25, 0.3) is 0 Å². The number of hydrogen-bond donors (Lipinski definition) is 0. The lowest BCUT2D eigenvalue weighted by molar-refractivity contribution is 0.0926. The number of ether oxygens (including phenoxy) is 1. The van der Waals surface area contributed by atoms with Gasteiger partial charge in [0.1, 0.15) is 5.75 Å². The normalized spacial score (nSPS) is 26.4. The molecule has 0 spiro atoms. The summed E-state index contributed by atoms with van der Waals surface area (Å²) in [7, 11) is 3.97. The molecule has 5 rings (SSSR count). The SMILES string of the molecule is COc1ccc(-c2ccc([C@@H]3[C@H]4C=C[C@@H](CC4)N3C)cc2)cc1. The van der Waals surface area contributed by atoms with E-state index < -0.39 is 0 Å². The molecule has 2 nitrogen and oxygen atoms in total. The number of likely N-dealkylation sites (N-methyl/N-ethyl adjacent to an activating group) is 1. The second-order valence-electron chi connectivity index (χ2n) is 6.65. The molecule has 2 aromatic carbocycles. The van der Waals surface area contributed by atoms with Crippen molar-refractivity contribution < 1.29 is 4.74 Å². The topological polar surface area (TPSA) is 12.5 Å². The van der Waals surface area contributed by atoms with Gasteiger partial charge < -0.3 is 4.74 Å². The van der Waals surface area contributed by atoms with Crippen LogP contribution in [0.3, 0.4) is 0 Å². The number of methoxy groups -OCH3 is 1. The minimum absolute atomic E-state index is 0.531. The van der Waals surface area contributed by atoms with Crippen molar-refractivity contribution in [3.8, 4) is 16.9 Å². The number of hydrogen-bond acceptors (Lipinski definition) is 2. The molecule has 118 valence electrons. The van der Waals surface area contributed by atoms with Crippen LogP contribution in [0.4, 0.5) is 0 Å². The van der Waals surface area contributed by atoms with Crippen LogP contribution in [0.25, 0.3) is 11.1 Å². The summed E-state index contributed by atoms with van der Waals surface area (Å²) < 4.78 is 5.23. The third-order valence-corrected chi connectivity index (χ3v) is 5.42. The van der Waals surface area contributed by atoms with Gasteiger partial charge in [0.15, 0.2) is 0 Å². The maximum absolute atomic E-state index is 5.23. The molecule has 2 heteroatoms. The van der Waals surface area contributed by atoms with Crippen LogP contribution in [0.1, 0.15) is 24.4 Å². The first kappa shape index (κ1) is 14.5. The van der Waals surface area contributed by atoms with Crippen LogP contribution >= 0.6 is 0 Å². The summed E-state index contributed by atoms with van der Waals surface area (Å²) in [6.45, 7) is 0. The third kappa shape index (κ3) is 2.57. The van der Waals surface area contributed by atoms with E-state index in [9.17, 15) is 0 Å². The lowest BCUT2D eigenvalue weighted by Gasteiger charge is -2.46. The highest BCUT2D eigenvalue weighted by Crippen LogP contribution is 2.42. The molecule has 0 unspecified atom stereocenters. The summed E-state index contributed by atoms with van der Waals surface area (Å²) in [5, 5.41) is 0. The van der Waals surface area contributed by atoms with Crippen molar-refractivity contribution in [1.82, 2.24) is 4.90 Å². The van der Waals surface area contributed by atoms with E-state index in [0.717, 1.165) is 5.75 Å². The zero-order valence-electron chi connectivity index (χ0n) is 13.8. The molecule has 3 atom stereocenters. The van der Waals surface area contributed by atoms with Crippen molar-refractivity contribution in [2.45, 2.75) is 24.9 Å². The first-order chi connectivity index (χ1) is 11.3. The largest absolute Gasteiger partial charge is 0.497 e. The Bertz CT molecular complexity index is 702. The summed E-state index contributed by atoms with van der Waals surface area (Å²) in [5.74, 6) is 1.56. The smallest absolute Gasteiger partial charge is 0.118 e. The Hall–Kier alpha value is -2.06. The molecular weight excluding hydrogens is 282 g/mol. The van der Waals surface area contributed by atoms with E-state index in [4.69, 9.17) is 4.74 Å². The average molecular weight is 305 g/mol. The predicted octanol–water partition coefficient (Wildman–Crippen LogP) is 4.68. The van der Waals surface area contributed by atoms with Crippen molar-refractivity contribution in [2.75, 3.05) is 14.2 Å². The molecule has 2 bridgehead atoms. The molecule has 1 saturated heterocycles. The zero-order chi connectivity index (χ0) is 15.8. The Morgan fingerprint density at radius 1 is 0.870 bits per heavy atom. The van der Waals surface area contributed by atoms with Gasteiger partial charge in [-0.2, -0.15) is 0 Å². The molecule has 0 amide bonds. The highest BCUT2D eigenvalue weighted by Gasteiger charge is 2.36. The van der Waals surface area contributed by atoms with Gasteiger partial charge in [-0.25, -0.2) is 0 Å². The van der Waals surface area contributed by atoms with Crippen molar-refractivity contribution >= 4 is 0 Å². The van der Waals surface area contributed by atoms with Crippen LogP contribution in [-0.4, -0.2) is 25.1 Å². The van der Waals surface area contributed by atoms with E-state index in [-0.39, 0.29) is 0 Å². The minimum atomic E-state index is 0.531. The molecule has 2 aliphatic heterocycles. The van der Waals surface area contributed by atoms with Gasteiger partial charge in [-0.05, 0) is 54.6 Å². The van der Waals surface area contributed by atoms with E-state index in [2.05, 4.69) is 60.5 Å². The standard InChI is InChI=1S/C21H23NO/c1-22-19-11-7-18(8-12-19)21(22)17-5-3-15(4-6-17)16-9-13-20(23-2)14-10-16/h3-7,9-11,13-14,18-19,21H,8,12H2,1-2H3/t18-,19-,21+/m0/s1. The quantitative estimate of drug-likeness (QED) is 0.763. The zero-order valence-corrected chi connectivity index (χ0v) is 13.8. The lowest BCUT2D eigenvalue weighted by Crippen LogP contribution is -2.44. The molecule has 0 aromatic heterocycles. The van der Waals surface area contributed by atoms with E-state index in [1.165, 1.54) is 29.5 Å². The third-order valence-electron chi connectivity index (χ3n) is 5.42.